The van der Waals surface area contributed by atoms with Crippen molar-refractivity contribution in [1.82, 2.24) is 10.9 Å². The molecular formula is C11H14N2O2. The first-order valence-corrected chi connectivity index (χ1v) is 5.31. The van der Waals surface area contributed by atoms with Crippen LogP contribution in [0.2, 0.25) is 0 Å². The first kappa shape index (κ1) is 9.00. The summed E-state index contributed by atoms with van der Waals surface area (Å²) in [7, 11) is 0. The molecule has 1 saturated heterocycles. The fourth-order valence-electron chi connectivity index (χ4n) is 2.01. The van der Waals surface area contributed by atoms with Crippen LogP contribution in [0.15, 0.2) is 18.2 Å². The van der Waals surface area contributed by atoms with Gasteiger partial charge in [-0.25, -0.2) is 0 Å². The lowest BCUT2D eigenvalue weighted by Crippen LogP contribution is -2.24. The molecule has 2 aliphatic rings. The van der Waals surface area contributed by atoms with Crippen LogP contribution in [-0.2, 0) is 0 Å². The van der Waals surface area contributed by atoms with E-state index < -0.39 is 0 Å². The number of nitrogens with one attached hydrogen (secondary N) is 2. The van der Waals surface area contributed by atoms with Crippen LogP contribution < -0.4 is 20.3 Å². The Kier molecular flexibility index (Phi) is 2.23. The highest BCUT2D eigenvalue weighted by atomic mass is 16.6. The molecule has 0 spiro atoms. The van der Waals surface area contributed by atoms with Crippen molar-refractivity contribution >= 4 is 0 Å². The second-order valence-corrected chi connectivity index (χ2v) is 3.82. The highest BCUT2D eigenvalue weighted by Crippen LogP contribution is 2.33. The molecule has 2 N–H and O–H groups in total. The zero-order valence-electron chi connectivity index (χ0n) is 8.45. The maximum atomic E-state index is 5.55. The first-order valence-electron chi connectivity index (χ1n) is 5.31. The van der Waals surface area contributed by atoms with E-state index in [9.17, 15) is 0 Å². The van der Waals surface area contributed by atoms with E-state index in [0.29, 0.717) is 19.3 Å². The van der Waals surface area contributed by atoms with Gasteiger partial charge in [0.15, 0.2) is 11.5 Å². The summed E-state index contributed by atoms with van der Waals surface area (Å²) in [5.74, 6) is 1.73. The summed E-state index contributed by atoms with van der Waals surface area (Å²) in [6.07, 6.45) is 1.11. The Balaban J connectivity index is 1.89. The highest BCUT2D eigenvalue weighted by molar-refractivity contribution is 5.44. The van der Waals surface area contributed by atoms with Crippen molar-refractivity contribution in [3.05, 3.63) is 23.8 Å². The van der Waals surface area contributed by atoms with E-state index in [4.69, 9.17) is 9.47 Å². The predicted molar refractivity (Wildman–Crippen MR) is 55.9 cm³/mol. The van der Waals surface area contributed by atoms with Gasteiger partial charge in [0.2, 0.25) is 0 Å². The monoisotopic (exact) mass is 206 g/mol. The molecule has 1 aromatic rings. The van der Waals surface area contributed by atoms with Crippen LogP contribution in [0.4, 0.5) is 0 Å². The third kappa shape index (κ3) is 1.66. The Morgan fingerprint density at radius 2 is 2.00 bits per heavy atom. The molecule has 0 radical (unpaired) electrons. The van der Waals surface area contributed by atoms with E-state index in [2.05, 4.69) is 23.0 Å². The summed E-state index contributed by atoms with van der Waals surface area (Å²) in [6, 6.07) is 6.54. The molecule has 2 heterocycles. The lowest BCUT2D eigenvalue weighted by atomic mass is 10.0. The SMILES string of the molecule is c1cc2c(cc1C1CCNN1)OCCO2. The minimum Gasteiger partial charge on any atom is -0.486 e. The molecule has 1 fully saturated rings. The van der Waals surface area contributed by atoms with E-state index >= 15 is 0 Å². The van der Waals surface area contributed by atoms with Crippen LogP contribution >= 0.6 is 0 Å². The zero-order chi connectivity index (χ0) is 10.1. The maximum Gasteiger partial charge on any atom is 0.161 e. The fourth-order valence-corrected chi connectivity index (χ4v) is 2.01. The van der Waals surface area contributed by atoms with E-state index in [1.54, 1.807) is 0 Å². The maximum absolute atomic E-state index is 5.55. The van der Waals surface area contributed by atoms with Gasteiger partial charge in [0, 0.05) is 12.6 Å². The van der Waals surface area contributed by atoms with Gasteiger partial charge >= 0.3 is 0 Å². The molecule has 0 saturated carbocycles. The van der Waals surface area contributed by atoms with Crippen molar-refractivity contribution in [2.45, 2.75) is 12.5 Å². The highest BCUT2D eigenvalue weighted by Gasteiger charge is 2.19. The average molecular weight is 206 g/mol. The lowest BCUT2D eigenvalue weighted by molar-refractivity contribution is 0.171. The van der Waals surface area contributed by atoms with Gasteiger partial charge in [0.05, 0.1) is 0 Å². The van der Waals surface area contributed by atoms with Crippen LogP contribution in [-0.4, -0.2) is 19.8 Å². The molecule has 4 nitrogen and oxygen atoms in total. The van der Waals surface area contributed by atoms with Gasteiger partial charge < -0.3 is 9.47 Å². The molecule has 80 valence electrons. The Bertz CT molecular complexity index is 362. The molecule has 1 atom stereocenters. The molecule has 2 aliphatic heterocycles. The third-order valence-electron chi connectivity index (χ3n) is 2.80. The largest absolute Gasteiger partial charge is 0.486 e. The van der Waals surface area contributed by atoms with E-state index in [0.717, 1.165) is 24.5 Å². The minimum absolute atomic E-state index is 0.390. The van der Waals surface area contributed by atoms with Gasteiger partial charge in [-0.2, -0.15) is 0 Å². The van der Waals surface area contributed by atoms with E-state index in [1.165, 1.54) is 5.56 Å². The number of fused-ring (bicyclic) bond motifs is 1. The van der Waals surface area contributed by atoms with Crippen molar-refractivity contribution in [3.63, 3.8) is 0 Å². The van der Waals surface area contributed by atoms with E-state index in [1.807, 2.05) is 6.07 Å². The second-order valence-electron chi connectivity index (χ2n) is 3.82. The van der Waals surface area contributed by atoms with Crippen molar-refractivity contribution in [1.29, 1.82) is 0 Å². The number of ether oxygens (including phenoxy) is 2. The second kappa shape index (κ2) is 3.72. The van der Waals surface area contributed by atoms with Crippen molar-refractivity contribution in [3.8, 4) is 11.5 Å². The molecule has 4 heteroatoms. The van der Waals surface area contributed by atoms with Crippen molar-refractivity contribution < 1.29 is 9.47 Å². The Morgan fingerprint density at radius 3 is 2.80 bits per heavy atom. The minimum atomic E-state index is 0.390. The smallest absolute Gasteiger partial charge is 0.161 e. The van der Waals surface area contributed by atoms with Crippen molar-refractivity contribution in [2.75, 3.05) is 19.8 Å². The molecule has 0 amide bonds. The number of rotatable bonds is 1. The zero-order valence-corrected chi connectivity index (χ0v) is 8.45. The van der Waals surface area contributed by atoms with Crippen LogP contribution in [0.1, 0.15) is 18.0 Å². The molecule has 0 aliphatic carbocycles. The molecule has 15 heavy (non-hydrogen) atoms. The summed E-state index contributed by atoms with van der Waals surface area (Å²) >= 11 is 0. The van der Waals surface area contributed by atoms with Gasteiger partial charge in [-0.3, -0.25) is 10.9 Å². The summed E-state index contributed by atoms with van der Waals surface area (Å²) < 4.78 is 11.0. The Labute approximate surface area is 88.5 Å². The molecule has 0 aromatic heterocycles. The quantitative estimate of drug-likeness (QED) is 0.719. The van der Waals surface area contributed by atoms with Gasteiger partial charge in [-0.15, -0.1) is 0 Å². The molecule has 3 rings (SSSR count). The van der Waals surface area contributed by atoms with Crippen molar-refractivity contribution in [2.24, 2.45) is 0 Å². The summed E-state index contributed by atoms with van der Waals surface area (Å²) in [6.45, 7) is 2.31. The summed E-state index contributed by atoms with van der Waals surface area (Å²) in [5, 5.41) is 0. The number of hydrogen-bond donors (Lipinski definition) is 2. The molecular weight excluding hydrogens is 192 g/mol. The number of benzene rings is 1. The fraction of sp³-hybridized carbons (Fsp3) is 0.455. The number of hydrogen-bond acceptors (Lipinski definition) is 4. The van der Waals surface area contributed by atoms with Gasteiger partial charge in [-0.05, 0) is 24.1 Å². The molecule has 1 aromatic carbocycles. The molecule has 0 bridgehead atoms. The Morgan fingerprint density at radius 1 is 1.13 bits per heavy atom. The van der Waals surface area contributed by atoms with Gasteiger partial charge in [-0.1, -0.05) is 6.07 Å². The van der Waals surface area contributed by atoms with Crippen LogP contribution in [0.25, 0.3) is 0 Å². The topological polar surface area (TPSA) is 42.5 Å². The van der Waals surface area contributed by atoms with Crippen LogP contribution in [0.3, 0.4) is 0 Å². The van der Waals surface area contributed by atoms with Crippen LogP contribution in [0, 0.1) is 0 Å². The Hall–Kier alpha value is -1.26. The van der Waals surface area contributed by atoms with Crippen LogP contribution in [0.5, 0.6) is 11.5 Å². The summed E-state index contributed by atoms with van der Waals surface area (Å²) in [4.78, 5) is 0. The standard InChI is InChI=1S/C11H14N2O2/c1-2-10-11(15-6-5-14-10)7-8(1)9-3-4-12-13-9/h1-2,7,9,12-13H,3-6H2. The normalized spacial score (nSPS) is 24.1. The lowest BCUT2D eigenvalue weighted by Gasteiger charge is -2.20. The predicted octanol–water partition coefficient (Wildman–Crippen LogP) is 0.997. The third-order valence-corrected chi connectivity index (χ3v) is 2.80. The van der Waals surface area contributed by atoms with Gasteiger partial charge in [0.1, 0.15) is 13.2 Å². The average Bonchev–Trinajstić information content (AvgIpc) is 2.82. The number of hydrazine groups is 1. The van der Waals surface area contributed by atoms with Gasteiger partial charge in [0.25, 0.3) is 0 Å². The first-order chi connectivity index (χ1) is 7.43. The van der Waals surface area contributed by atoms with E-state index in [-0.39, 0.29) is 0 Å². The molecule has 1 unspecified atom stereocenters. The summed E-state index contributed by atoms with van der Waals surface area (Å²) in [5.41, 5.74) is 7.62.